The van der Waals surface area contributed by atoms with Crippen LogP contribution >= 0.6 is 0 Å². The lowest BCUT2D eigenvalue weighted by Crippen LogP contribution is -2.49. The Morgan fingerprint density at radius 3 is 2.47 bits per heavy atom. The maximum Gasteiger partial charge on any atom is 0.270 e. The summed E-state index contributed by atoms with van der Waals surface area (Å²) in [7, 11) is 0. The molecule has 2 amide bonds. The van der Waals surface area contributed by atoms with E-state index in [1.165, 1.54) is 6.07 Å². The van der Waals surface area contributed by atoms with Crippen molar-refractivity contribution in [3.8, 4) is 16.9 Å². The van der Waals surface area contributed by atoms with Gasteiger partial charge in [-0.05, 0) is 70.6 Å². The minimum absolute atomic E-state index is 0.0209. The molecule has 0 bridgehead atoms. The summed E-state index contributed by atoms with van der Waals surface area (Å²) in [6.07, 6.45) is 5.37. The smallest absolute Gasteiger partial charge is 0.270 e. The molecule has 1 aliphatic carbocycles. The standard InChI is InChI=1S/C27H36N6O3/c1-15(2)33-22(12-13-28-33)26(35)30-25(19-8-6-16(3)7-9-19)27(36)29-20-10-11-21(23(34)14-20)24-17(4)31-32-18(24)5/h10-16,19,25,34H,6-9H2,1-5H3,(H,29,36)(H,30,35)(H,31,32)/t16-,19-,25-/m0/s1. The topological polar surface area (TPSA) is 125 Å². The van der Waals surface area contributed by atoms with E-state index in [-0.39, 0.29) is 29.5 Å². The normalized spacial score (nSPS) is 18.7. The van der Waals surface area contributed by atoms with Gasteiger partial charge in [-0.2, -0.15) is 10.2 Å². The predicted molar refractivity (Wildman–Crippen MR) is 139 cm³/mol. The number of phenols is 1. The second kappa shape index (κ2) is 10.6. The maximum atomic E-state index is 13.5. The maximum absolute atomic E-state index is 13.5. The Bertz CT molecular complexity index is 1220. The molecule has 1 fully saturated rings. The Balaban J connectivity index is 1.55. The lowest BCUT2D eigenvalue weighted by Gasteiger charge is -2.32. The van der Waals surface area contributed by atoms with Crippen molar-refractivity contribution in [3.63, 3.8) is 0 Å². The molecule has 2 heterocycles. The SMILES string of the molecule is Cc1n[nH]c(C)c1-c1ccc(NC(=O)[C@@H](NC(=O)c2ccnn2C(C)C)[C@H]2CC[C@H](C)CC2)cc1O. The van der Waals surface area contributed by atoms with Crippen molar-refractivity contribution < 1.29 is 14.7 Å². The van der Waals surface area contributed by atoms with Gasteiger partial charge in [0.1, 0.15) is 17.5 Å². The van der Waals surface area contributed by atoms with Crippen LogP contribution in [0.15, 0.2) is 30.5 Å². The molecule has 0 aliphatic heterocycles. The van der Waals surface area contributed by atoms with Crippen LogP contribution in [0.3, 0.4) is 0 Å². The van der Waals surface area contributed by atoms with E-state index in [1.54, 1.807) is 29.1 Å². The summed E-state index contributed by atoms with van der Waals surface area (Å²) >= 11 is 0. The lowest BCUT2D eigenvalue weighted by atomic mass is 9.79. The molecule has 2 aromatic heterocycles. The van der Waals surface area contributed by atoms with Gasteiger partial charge < -0.3 is 15.7 Å². The molecule has 1 atom stereocenters. The Labute approximate surface area is 211 Å². The molecule has 0 unspecified atom stereocenters. The fourth-order valence-electron chi connectivity index (χ4n) is 5.13. The molecular weight excluding hydrogens is 456 g/mol. The van der Waals surface area contributed by atoms with E-state index in [4.69, 9.17) is 0 Å². The second-order valence-corrected chi connectivity index (χ2v) is 10.3. The first-order chi connectivity index (χ1) is 17.2. The van der Waals surface area contributed by atoms with Gasteiger partial charge in [-0.25, -0.2) is 0 Å². The Kier molecular flexibility index (Phi) is 7.47. The zero-order valence-electron chi connectivity index (χ0n) is 21.6. The number of nitrogens with one attached hydrogen (secondary N) is 3. The molecule has 1 aromatic carbocycles. The van der Waals surface area contributed by atoms with E-state index >= 15 is 0 Å². The first kappa shape index (κ1) is 25.5. The fourth-order valence-corrected chi connectivity index (χ4v) is 5.13. The number of H-pyrrole nitrogens is 1. The van der Waals surface area contributed by atoms with Crippen LogP contribution in [0.1, 0.15) is 74.4 Å². The van der Waals surface area contributed by atoms with Crippen LogP contribution in [0.25, 0.3) is 11.1 Å². The number of phenolic OH excluding ortho intramolecular Hbond substituents is 1. The highest BCUT2D eigenvalue weighted by molar-refractivity contribution is 6.01. The van der Waals surface area contributed by atoms with E-state index in [0.29, 0.717) is 22.9 Å². The number of aromatic amines is 1. The first-order valence-electron chi connectivity index (χ1n) is 12.7. The first-order valence-corrected chi connectivity index (χ1v) is 12.7. The molecule has 36 heavy (non-hydrogen) atoms. The molecule has 4 rings (SSSR count). The average Bonchev–Trinajstić information content (AvgIpc) is 3.45. The number of aromatic hydroxyl groups is 1. The van der Waals surface area contributed by atoms with Crippen LogP contribution in [0.4, 0.5) is 5.69 Å². The van der Waals surface area contributed by atoms with Gasteiger partial charge in [0.2, 0.25) is 5.91 Å². The molecule has 4 N–H and O–H groups in total. The number of anilines is 1. The molecule has 1 saturated carbocycles. The highest BCUT2D eigenvalue weighted by Crippen LogP contribution is 2.35. The van der Waals surface area contributed by atoms with Crippen LogP contribution in [0.2, 0.25) is 0 Å². The summed E-state index contributed by atoms with van der Waals surface area (Å²) in [5.41, 5.74) is 4.03. The Morgan fingerprint density at radius 2 is 1.86 bits per heavy atom. The summed E-state index contributed by atoms with van der Waals surface area (Å²) in [5, 5.41) is 28.0. The van der Waals surface area contributed by atoms with Crippen molar-refractivity contribution in [2.45, 2.75) is 72.4 Å². The van der Waals surface area contributed by atoms with Crippen molar-refractivity contribution in [1.82, 2.24) is 25.3 Å². The number of carbonyl (C=O) groups is 2. The Hall–Kier alpha value is -3.62. The summed E-state index contributed by atoms with van der Waals surface area (Å²) in [5.74, 6) is 0.0887. The third-order valence-corrected chi connectivity index (χ3v) is 7.16. The number of benzene rings is 1. The number of nitrogens with zero attached hydrogens (tertiary/aromatic N) is 3. The van der Waals surface area contributed by atoms with Crippen molar-refractivity contribution in [3.05, 3.63) is 47.5 Å². The van der Waals surface area contributed by atoms with Gasteiger partial charge in [-0.3, -0.25) is 19.4 Å². The number of aryl methyl sites for hydroxylation is 2. The van der Waals surface area contributed by atoms with E-state index < -0.39 is 6.04 Å². The van der Waals surface area contributed by atoms with E-state index in [0.717, 1.165) is 42.6 Å². The van der Waals surface area contributed by atoms with Crippen molar-refractivity contribution in [2.24, 2.45) is 11.8 Å². The van der Waals surface area contributed by atoms with Gasteiger partial charge in [0, 0.05) is 40.8 Å². The minimum atomic E-state index is -0.694. The second-order valence-electron chi connectivity index (χ2n) is 10.3. The molecule has 0 spiro atoms. The van der Waals surface area contributed by atoms with Crippen LogP contribution in [0.5, 0.6) is 5.75 Å². The molecule has 192 valence electrons. The summed E-state index contributed by atoms with van der Waals surface area (Å²) < 4.78 is 1.66. The van der Waals surface area contributed by atoms with Crippen LogP contribution in [0, 0.1) is 25.7 Å². The number of amides is 2. The number of hydrogen-bond donors (Lipinski definition) is 4. The summed E-state index contributed by atoms with van der Waals surface area (Å²) in [4.78, 5) is 26.7. The molecular formula is C27H36N6O3. The molecule has 0 saturated heterocycles. The van der Waals surface area contributed by atoms with Crippen LogP contribution in [-0.2, 0) is 4.79 Å². The van der Waals surface area contributed by atoms with E-state index in [2.05, 4.69) is 32.9 Å². The summed E-state index contributed by atoms with van der Waals surface area (Å²) in [6, 6.07) is 6.06. The van der Waals surface area contributed by atoms with Gasteiger partial charge in [-0.15, -0.1) is 0 Å². The highest BCUT2D eigenvalue weighted by atomic mass is 16.3. The van der Waals surface area contributed by atoms with Crippen molar-refractivity contribution in [1.29, 1.82) is 0 Å². The van der Waals surface area contributed by atoms with Gasteiger partial charge in [0.05, 0.1) is 5.69 Å². The third kappa shape index (κ3) is 5.29. The zero-order valence-corrected chi connectivity index (χ0v) is 21.6. The number of hydrogen-bond acceptors (Lipinski definition) is 5. The Morgan fingerprint density at radius 1 is 1.14 bits per heavy atom. The molecule has 0 radical (unpaired) electrons. The highest BCUT2D eigenvalue weighted by Gasteiger charge is 2.33. The third-order valence-electron chi connectivity index (χ3n) is 7.16. The lowest BCUT2D eigenvalue weighted by molar-refractivity contribution is -0.119. The zero-order chi connectivity index (χ0) is 26.0. The van der Waals surface area contributed by atoms with Crippen LogP contribution in [-0.4, -0.2) is 42.9 Å². The number of aromatic nitrogens is 4. The largest absolute Gasteiger partial charge is 0.507 e. The number of carbonyl (C=O) groups excluding carboxylic acids is 2. The summed E-state index contributed by atoms with van der Waals surface area (Å²) in [6.45, 7) is 9.91. The minimum Gasteiger partial charge on any atom is -0.507 e. The van der Waals surface area contributed by atoms with Gasteiger partial charge >= 0.3 is 0 Å². The van der Waals surface area contributed by atoms with E-state index in [1.807, 2.05) is 27.7 Å². The fraction of sp³-hybridized carbons (Fsp3) is 0.481. The molecule has 9 nitrogen and oxygen atoms in total. The number of rotatable bonds is 7. The average molecular weight is 493 g/mol. The van der Waals surface area contributed by atoms with Gasteiger partial charge in [0.15, 0.2) is 0 Å². The van der Waals surface area contributed by atoms with Gasteiger partial charge in [-0.1, -0.05) is 19.8 Å². The van der Waals surface area contributed by atoms with Crippen molar-refractivity contribution >= 4 is 17.5 Å². The predicted octanol–water partition coefficient (Wildman–Crippen LogP) is 4.74. The molecule has 9 heteroatoms. The van der Waals surface area contributed by atoms with Crippen LogP contribution < -0.4 is 10.6 Å². The molecule has 3 aromatic rings. The monoisotopic (exact) mass is 492 g/mol. The molecule has 1 aliphatic rings. The van der Waals surface area contributed by atoms with E-state index in [9.17, 15) is 14.7 Å². The van der Waals surface area contributed by atoms with Crippen molar-refractivity contribution in [2.75, 3.05) is 5.32 Å². The van der Waals surface area contributed by atoms with Gasteiger partial charge in [0.25, 0.3) is 5.91 Å². The quantitative estimate of drug-likeness (QED) is 0.379.